The van der Waals surface area contributed by atoms with Crippen molar-refractivity contribution in [2.24, 2.45) is 10.2 Å². The van der Waals surface area contributed by atoms with Crippen molar-refractivity contribution < 1.29 is 17.7 Å². The number of non-ortho nitro benzene ring substituents is 1. The van der Waals surface area contributed by atoms with E-state index >= 15 is 0 Å². The van der Waals surface area contributed by atoms with Crippen molar-refractivity contribution in [2.45, 2.75) is 18.4 Å². The zero-order valence-electron chi connectivity index (χ0n) is 19.0. The number of sulfonamides is 1. The maximum absolute atomic E-state index is 13.3. The van der Waals surface area contributed by atoms with Gasteiger partial charge in [-0.2, -0.15) is 15.3 Å². The van der Waals surface area contributed by atoms with Crippen LogP contribution in [0.25, 0.3) is 5.69 Å². The topological polar surface area (TPSA) is 132 Å². The number of aryl methyl sites for hydroxylation is 1. The molecule has 14 heteroatoms. The van der Waals surface area contributed by atoms with Gasteiger partial charge in [-0.15, -0.1) is 0 Å². The third-order valence-corrected chi connectivity index (χ3v) is 7.27. The van der Waals surface area contributed by atoms with Crippen LogP contribution in [0.5, 0.6) is 0 Å². The molecule has 1 N–H and O–H groups in total. The predicted octanol–water partition coefficient (Wildman–Crippen LogP) is 6.62. The van der Waals surface area contributed by atoms with Gasteiger partial charge in [0.05, 0.1) is 33.6 Å². The molecule has 0 saturated carbocycles. The number of nitro groups is 1. The molecule has 0 aliphatic carbocycles. The van der Waals surface area contributed by atoms with E-state index in [1.54, 1.807) is 19.1 Å². The molecule has 0 atom stereocenters. The highest BCUT2D eigenvalue weighted by Gasteiger charge is 2.24. The number of hydrogen-bond acceptors (Lipinski definition) is 7. The Morgan fingerprint density at radius 3 is 2.49 bits per heavy atom. The lowest BCUT2D eigenvalue weighted by Crippen LogP contribution is -2.13. The SMILES string of the molecule is Cc1nn(-c2ccc(F)cc2)c(Cl)c1CN=Nc1ccc([N+](=O)[O-])cc1S(=O)(=O)Nc1ccccc1Cl. The van der Waals surface area contributed by atoms with Gasteiger partial charge in [0.1, 0.15) is 21.6 Å². The lowest BCUT2D eigenvalue weighted by Gasteiger charge is -2.11. The number of nitrogens with zero attached hydrogens (tertiary/aromatic N) is 5. The van der Waals surface area contributed by atoms with Gasteiger partial charge in [-0.05, 0) is 49.4 Å². The average Bonchev–Trinajstić information content (AvgIpc) is 3.14. The summed E-state index contributed by atoms with van der Waals surface area (Å²) in [7, 11) is -4.34. The van der Waals surface area contributed by atoms with Crippen molar-refractivity contribution >= 4 is 50.3 Å². The minimum atomic E-state index is -4.34. The van der Waals surface area contributed by atoms with Gasteiger partial charge < -0.3 is 0 Å². The monoisotopic (exact) mass is 562 g/mol. The second kappa shape index (κ2) is 10.6. The summed E-state index contributed by atoms with van der Waals surface area (Å²) in [5.41, 5.74) is 1.09. The van der Waals surface area contributed by atoms with Gasteiger partial charge in [-0.25, -0.2) is 17.5 Å². The first-order valence-corrected chi connectivity index (χ1v) is 12.7. The van der Waals surface area contributed by atoms with E-state index in [-0.39, 0.29) is 28.1 Å². The average molecular weight is 563 g/mol. The minimum absolute atomic E-state index is 0.0692. The van der Waals surface area contributed by atoms with Crippen LogP contribution in [-0.4, -0.2) is 23.1 Å². The number of para-hydroxylation sites is 1. The molecule has 10 nitrogen and oxygen atoms in total. The van der Waals surface area contributed by atoms with Gasteiger partial charge >= 0.3 is 0 Å². The number of hydrogen-bond donors (Lipinski definition) is 1. The van der Waals surface area contributed by atoms with Crippen LogP contribution >= 0.6 is 23.2 Å². The number of benzene rings is 3. The summed E-state index contributed by atoms with van der Waals surface area (Å²) < 4.78 is 43.2. The molecule has 190 valence electrons. The van der Waals surface area contributed by atoms with Crippen LogP contribution in [0.4, 0.5) is 21.5 Å². The quantitative estimate of drug-likeness (QED) is 0.146. The molecule has 0 saturated heterocycles. The second-order valence-electron chi connectivity index (χ2n) is 7.64. The molecule has 0 aliphatic rings. The van der Waals surface area contributed by atoms with Crippen LogP contribution in [0.1, 0.15) is 11.3 Å². The summed E-state index contributed by atoms with van der Waals surface area (Å²) in [5, 5.41) is 24.1. The third kappa shape index (κ3) is 5.77. The van der Waals surface area contributed by atoms with E-state index in [4.69, 9.17) is 23.2 Å². The van der Waals surface area contributed by atoms with Crippen LogP contribution in [0.15, 0.2) is 81.9 Å². The number of nitrogens with one attached hydrogen (secondary N) is 1. The van der Waals surface area contributed by atoms with Crippen molar-refractivity contribution in [1.82, 2.24) is 9.78 Å². The molecule has 0 unspecified atom stereocenters. The van der Waals surface area contributed by atoms with Crippen LogP contribution in [0.3, 0.4) is 0 Å². The normalized spacial score (nSPS) is 11.7. The molecule has 4 aromatic rings. The Balaban J connectivity index is 1.66. The summed E-state index contributed by atoms with van der Waals surface area (Å²) in [6.45, 7) is 1.63. The Kier molecular flexibility index (Phi) is 7.52. The second-order valence-corrected chi connectivity index (χ2v) is 10.1. The third-order valence-electron chi connectivity index (χ3n) is 5.16. The summed E-state index contributed by atoms with van der Waals surface area (Å²) in [4.78, 5) is 10.1. The summed E-state index contributed by atoms with van der Waals surface area (Å²) in [5.74, 6) is -0.407. The van der Waals surface area contributed by atoms with Crippen LogP contribution in [-0.2, 0) is 16.6 Å². The number of nitro benzene ring substituents is 1. The largest absolute Gasteiger partial charge is 0.278 e. The Hall–Kier alpha value is -3.87. The van der Waals surface area contributed by atoms with E-state index in [9.17, 15) is 22.9 Å². The molecule has 0 spiro atoms. The number of anilines is 1. The standard InChI is InChI=1S/C23H17Cl2FN6O4S/c1-14-18(23(25)31(29-14)16-8-6-15(26)7-9-16)13-27-28-21-11-10-17(32(33)34)12-22(21)37(35,36)30-20-5-3-2-4-19(20)24/h2-12,30H,13H2,1H3. The van der Waals surface area contributed by atoms with Gasteiger partial charge in [0.2, 0.25) is 0 Å². The molecule has 1 aromatic heterocycles. The summed E-state index contributed by atoms with van der Waals surface area (Å²) in [6, 6.07) is 14.9. The highest BCUT2D eigenvalue weighted by molar-refractivity contribution is 7.92. The number of rotatable bonds is 8. The van der Waals surface area contributed by atoms with Crippen LogP contribution in [0, 0.1) is 22.9 Å². The van der Waals surface area contributed by atoms with E-state index in [1.165, 1.54) is 47.1 Å². The molecular weight excluding hydrogens is 546 g/mol. The molecule has 4 rings (SSSR count). The van der Waals surface area contributed by atoms with Gasteiger partial charge in [-0.3, -0.25) is 14.8 Å². The molecule has 0 amide bonds. The summed E-state index contributed by atoms with van der Waals surface area (Å²) >= 11 is 12.5. The summed E-state index contributed by atoms with van der Waals surface area (Å²) in [6.07, 6.45) is 0. The zero-order chi connectivity index (χ0) is 26.7. The fourth-order valence-electron chi connectivity index (χ4n) is 3.30. The van der Waals surface area contributed by atoms with E-state index in [1.807, 2.05) is 0 Å². The first kappa shape index (κ1) is 26.2. The van der Waals surface area contributed by atoms with Crippen molar-refractivity contribution in [3.05, 3.63) is 104 Å². The molecule has 37 heavy (non-hydrogen) atoms. The Bertz CT molecular complexity index is 1620. The zero-order valence-corrected chi connectivity index (χ0v) is 21.3. The first-order chi connectivity index (χ1) is 17.6. The van der Waals surface area contributed by atoms with Gasteiger partial charge in [-0.1, -0.05) is 35.3 Å². The highest BCUT2D eigenvalue weighted by Crippen LogP contribution is 2.33. The molecule has 0 radical (unpaired) electrons. The lowest BCUT2D eigenvalue weighted by molar-refractivity contribution is -0.385. The Morgan fingerprint density at radius 2 is 1.81 bits per heavy atom. The molecule has 0 fully saturated rings. The molecular formula is C23H17Cl2FN6O4S. The molecule has 0 aliphatic heterocycles. The smallest absolute Gasteiger partial charge is 0.270 e. The molecule has 1 heterocycles. The Labute approximate surface area is 220 Å². The predicted molar refractivity (Wildman–Crippen MR) is 137 cm³/mol. The first-order valence-electron chi connectivity index (χ1n) is 10.5. The van der Waals surface area contributed by atoms with Crippen molar-refractivity contribution in [1.29, 1.82) is 0 Å². The number of aromatic nitrogens is 2. The van der Waals surface area contributed by atoms with Gasteiger partial charge in [0.25, 0.3) is 15.7 Å². The molecule has 3 aromatic carbocycles. The van der Waals surface area contributed by atoms with E-state index < -0.39 is 31.3 Å². The van der Waals surface area contributed by atoms with Gasteiger partial charge in [0.15, 0.2) is 0 Å². The van der Waals surface area contributed by atoms with Crippen LogP contribution in [0.2, 0.25) is 10.2 Å². The lowest BCUT2D eigenvalue weighted by atomic mass is 10.2. The minimum Gasteiger partial charge on any atom is -0.278 e. The van der Waals surface area contributed by atoms with E-state index in [0.717, 1.165) is 12.1 Å². The fraction of sp³-hybridized carbons (Fsp3) is 0.0870. The van der Waals surface area contributed by atoms with Gasteiger partial charge in [0, 0.05) is 17.7 Å². The van der Waals surface area contributed by atoms with E-state index in [0.29, 0.717) is 16.9 Å². The van der Waals surface area contributed by atoms with Crippen molar-refractivity contribution in [3.8, 4) is 5.69 Å². The number of halogens is 3. The van der Waals surface area contributed by atoms with Crippen molar-refractivity contribution in [3.63, 3.8) is 0 Å². The Morgan fingerprint density at radius 1 is 1.11 bits per heavy atom. The number of azo groups is 1. The maximum atomic E-state index is 13.3. The highest BCUT2D eigenvalue weighted by atomic mass is 35.5. The van der Waals surface area contributed by atoms with Crippen molar-refractivity contribution in [2.75, 3.05) is 4.72 Å². The van der Waals surface area contributed by atoms with Crippen LogP contribution < -0.4 is 4.72 Å². The van der Waals surface area contributed by atoms with E-state index in [2.05, 4.69) is 20.0 Å². The fourth-order valence-corrected chi connectivity index (χ4v) is 5.11. The maximum Gasteiger partial charge on any atom is 0.270 e. The molecule has 0 bridgehead atoms.